The van der Waals surface area contributed by atoms with E-state index in [9.17, 15) is 14.4 Å². The van der Waals surface area contributed by atoms with Gasteiger partial charge in [0.25, 0.3) is 5.91 Å². The van der Waals surface area contributed by atoms with Crippen LogP contribution in [-0.4, -0.2) is 29.8 Å². The van der Waals surface area contributed by atoms with Gasteiger partial charge < -0.3 is 5.73 Å². The van der Waals surface area contributed by atoms with Gasteiger partial charge in [0.05, 0.1) is 0 Å². The topological polar surface area (TPSA) is 92.5 Å². The van der Waals surface area contributed by atoms with E-state index >= 15 is 0 Å². The van der Waals surface area contributed by atoms with Gasteiger partial charge in [0.2, 0.25) is 6.29 Å². The van der Waals surface area contributed by atoms with Crippen molar-refractivity contribution in [2.24, 2.45) is 5.73 Å². The van der Waals surface area contributed by atoms with Gasteiger partial charge in [0.1, 0.15) is 6.54 Å². The molecule has 0 aliphatic heterocycles. The zero-order valence-corrected chi connectivity index (χ0v) is 9.50. The Morgan fingerprint density at radius 2 is 2.00 bits per heavy atom. The van der Waals surface area contributed by atoms with Gasteiger partial charge in [0.15, 0.2) is 0 Å². The van der Waals surface area contributed by atoms with Gasteiger partial charge in [0, 0.05) is 6.08 Å². The number of carbonyl (C=O) groups excluding carboxylic acids is 3. The number of hydrazine groups is 1. The first-order valence-electron chi connectivity index (χ1n) is 5.09. The minimum Gasteiger partial charge on any atom is -0.350 e. The maximum absolute atomic E-state index is 11.6. The van der Waals surface area contributed by atoms with E-state index in [1.165, 1.54) is 12.4 Å². The van der Waals surface area contributed by atoms with Crippen molar-refractivity contribution < 1.29 is 14.4 Å². The molecule has 0 saturated heterocycles. The summed E-state index contributed by atoms with van der Waals surface area (Å²) in [7, 11) is 0. The van der Waals surface area contributed by atoms with E-state index in [4.69, 9.17) is 5.73 Å². The molecule has 0 aliphatic carbocycles. The van der Waals surface area contributed by atoms with Gasteiger partial charge in [-0.3, -0.25) is 9.59 Å². The fraction of sp³-hybridized carbons (Fsp3) is 0.0833. The molecule has 0 aromatic heterocycles. The summed E-state index contributed by atoms with van der Waals surface area (Å²) in [4.78, 5) is 32.5. The zero-order valence-electron chi connectivity index (χ0n) is 9.50. The van der Waals surface area contributed by atoms with Crippen LogP contribution in [0.1, 0.15) is 5.56 Å². The van der Waals surface area contributed by atoms with Crippen molar-refractivity contribution in [3.63, 3.8) is 0 Å². The molecule has 1 radical (unpaired) electrons. The SMILES string of the molecule is NC(=O)NN(C[C]=O)C(=O)C=Cc1ccccc1. The zero-order chi connectivity index (χ0) is 13.4. The monoisotopic (exact) mass is 246 g/mol. The molecule has 0 saturated carbocycles. The highest BCUT2D eigenvalue weighted by Crippen LogP contribution is 2.01. The van der Waals surface area contributed by atoms with Crippen LogP contribution >= 0.6 is 0 Å². The van der Waals surface area contributed by atoms with Crippen molar-refractivity contribution in [1.82, 2.24) is 10.4 Å². The number of nitrogens with one attached hydrogen (secondary N) is 1. The summed E-state index contributed by atoms with van der Waals surface area (Å²) < 4.78 is 0. The normalized spacial score (nSPS) is 10.0. The molecule has 0 spiro atoms. The third-order valence-corrected chi connectivity index (χ3v) is 1.95. The lowest BCUT2D eigenvalue weighted by molar-refractivity contribution is -0.127. The molecule has 0 aliphatic rings. The van der Waals surface area contributed by atoms with E-state index in [2.05, 4.69) is 0 Å². The minimum atomic E-state index is -0.924. The Hall–Kier alpha value is -2.63. The summed E-state index contributed by atoms with van der Waals surface area (Å²) in [6.45, 7) is -0.388. The number of carbonyl (C=O) groups is 2. The molecule has 93 valence electrons. The van der Waals surface area contributed by atoms with Crippen LogP contribution in [0.3, 0.4) is 0 Å². The van der Waals surface area contributed by atoms with Crippen molar-refractivity contribution in [1.29, 1.82) is 0 Å². The number of nitrogens with two attached hydrogens (primary N) is 1. The second-order valence-corrected chi connectivity index (χ2v) is 3.29. The number of amides is 3. The molecule has 18 heavy (non-hydrogen) atoms. The Morgan fingerprint density at radius 3 is 2.56 bits per heavy atom. The molecule has 3 N–H and O–H groups in total. The van der Waals surface area contributed by atoms with E-state index in [-0.39, 0.29) is 6.54 Å². The van der Waals surface area contributed by atoms with Crippen molar-refractivity contribution in [2.75, 3.05) is 6.54 Å². The molecule has 0 unspecified atom stereocenters. The molecule has 1 aromatic carbocycles. The Balaban J connectivity index is 2.69. The lowest BCUT2D eigenvalue weighted by Crippen LogP contribution is -2.48. The van der Waals surface area contributed by atoms with Crippen LogP contribution in [0.2, 0.25) is 0 Å². The van der Waals surface area contributed by atoms with Crippen molar-refractivity contribution in [3.05, 3.63) is 42.0 Å². The number of rotatable bonds is 4. The average molecular weight is 246 g/mol. The van der Waals surface area contributed by atoms with Crippen molar-refractivity contribution in [3.8, 4) is 0 Å². The smallest absolute Gasteiger partial charge is 0.331 e. The van der Waals surface area contributed by atoms with Gasteiger partial charge in [-0.15, -0.1) is 0 Å². The van der Waals surface area contributed by atoms with E-state index in [0.717, 1.165) is 10.6 Å². The van der Waals surface area contributed by atoms with Crippen LogP contribution in [0.4, 0.5) is 4.79 Å². The van der Waals surface area contributed by atoms with Gasteiger partial charge in [-0.1, -0.05) is 30.3 Å². The summed E-state index contributed by atoms with van der Waals surface area (Å²) in [6, 6.07) is 8.18. The van der Waals surface area contributed by atoms with E-state index in [1.54, 1.807) is 6.08 Å². The summed E-state index contributed by atoms with van der Waals surface area (Å²) in [6.07, 6.45) is 4.29. The molecule has 1 aromatic rings. The second-order valence-electron chi connectivity index (χ2n) is 3.29. The largest absolute Gasteiger partial charge is 0.350 e. The van der Waals surface area contributed by atoms with Crippen molar-refractivity contribution >= 4 is 24.3 Å². The highest BCUT2D eigenvalue weighted by Gasteiger charge is 2.11. The predicted octanol–water partition coefficient (Wildman–Crippen LogP) is 0.221. The van der Waals surface area contributed by atoms with Crippen LogP contribution in [0.5, 0.6) is 0 Å². The minimum absolute atomic E-state index is 0.388. The summed E-state index contributed by atoms with van der Waals surface area (Å²) in [5, 5.41) is 0.773. The van der Waals surface area contributed by atoms with Gasteiger partial charge in [-0.25, -0.2) is 15.2 Å². The number of nitrogens with zero attached hydrogens (tertiary/aromatic N) is 1. The molecule has 0 bridgehead atoms. The van der Waals surface area contributed by atoms with Crippen LogP contribution in [0.15, 0.2) is 36.4 Å². The number of hydrogen-bond donors (Lipinski definition) is 2. The van der Waals surface area contributed by atoms with E-state index in [1.807, 2.05) is 35.8 Å². The maximum Gasteiger partial charge on any atom is 0.331 e. The highest BCUT2D eigenvalue weighted by atomic mass is 16.2. The molecule has 6 nitrogen and oxygen atoms in total. The molecule has 1 rings (SSSR count). The first-order chi connectivity index (χ1) is 8.63. The first kappa shape index (κ1) is 13.4. The number of hydrogen-bond acceptors (Lipinski definition) is 3. The highest BCUT2D eigenvalue weighted by molar-refractivity contribution is 5.93. The summed E-state index contributed by atoms with van der Waals surface area (Å²) >= 11 is 0. The van der Waals surface area contributed by atoms with E-state index in [0.29, 0.717) is 0 Å². The first-order valence-corrected chi connectivity index (χ1v) is 5.09. The Labute approximate surface area is 104 Å². The van der Waals surface area contributed by atoms with Crippen LogP contribution in [-0.2, 0) is 9.59 Å². The fourth-order valence-electron chi connectivity index (χ4n) is 1.19. The lowest BCUT2D eigenvalue weighted by Gasteiger charge is -2.17. The molecule has 6 heteroatoms. The molecular formula is C12H12N3O3. The van der Waals surface area contributed by atoms with Crippen molar-refractivity contribution in [2.45, 2.75) is 0 Å². The number of urea groups is 1. The Morgan fingerprint density at radius 1 is 1.33 bits per heavy atom. The predicted molar refractivity (Wildman–Crippen MR) is 65.6 cm³/mol. The Kier molecular flexibility index (Phi) is 5.11. The van der Waals surface area contributed by atoms with Crippen LogP contribution in [0, 0.1) is 0 Å². The van der Waals surface area contributed by atoms with Gasteiger partial charge in [-0.2, -0.15) is 0 Å². The summed E-state index contributed by atoms with van der Waals surface area (Å²) in [5.74, 6) is -0.569. The molecule has 0 atom stereocenters. The third kappa shape index (κ3) is 4.48. The standard InChI is InChI=1S/C12H12N3O3/c13-12(18)14-15(8-9-16)11(17)7-6-10-4-2-1-3-5-10/h1-7H,8H2,(H3,13,14,18). The van der Waals surface area contributed by atoms with Crippen LogP contribution in [0.25, 0.3) is 6.08 Å². The molecule has 0 fully saturated rings. The second kappa shape index (κ2) is 6.85. The molecule has 3 amide bonds. The van der Waals surface area contributed by atoms with E-state index < -0.39 is 11.9 Å². The Bertz CT molecular complexity index is 457. The number of benzene rings is 1. The van der Waals surface area contributed by atoms with Gasteiger partial charge >= 0.3 is 6.03 Å². The number of primary amides is 1. The molecule has 0 heterocycles. The summed E-state index contributed by atoms with van der Waals surface area (Å²) in [5.41, 5.74) is 7.72. The average Bonchev–Trinajstić information content (AvgIpc) is 2.36. The fourth-order valence-corrected chi connectivity index (χ4v) is 1.19. The van der Waals surface area contributed by atoms with Crippen LogP contribution < -0.4 is 11.2 Å². The maximum atomic E-state index is 11.6. The lowest BCUT2D eigenvalue weighted by atomic mass is 10.2. The third-order valence-electron chi connectivity index (χ3n) is 1.95. The molecular weight excluding hydrogens is 234 g/mol. The van der Waals surface area contributed by atoms with Gasteiger partial charge in [-0.05, 0) is 11.6 Å². The quantitative estimate of drug-likeness (QED) is 0.588.